The Labute approximate surface area is 180 Å². The van der Waals surface area contributed by atoms with Gasteiger partial charge in [-0.3, -0.25) is 4.90 Å². The summed E-state index contributed by atoms with van der Waals surface area (Å²) in [4.78, 5) is 13.3. The summed E-state index contributed by atoms with van der Waals surface area (Å²) in [5.41, 5.74) is 5.76. The molecule has 0 spiro atoms. The van der Waals surface area contributed by atoms with Crippen LogP contribution in [0.15, 0.2) is 24.3 Å². The summed E-state index contributed by atoms with van der Waals surface area (Å²) in [6, 6.07) is 4.89. The average Bonchev–Trinajstić information content (AvgIpc) is 3.18. The summed E-state index contributed by atoms with van der Waals surface area (Å²) >= 11 is 0. The molecule has 32 heavy (non-hydrogen) atoms. The van der Waals surface area contributed by atoms with Crippen LogP contribution in [0.4, 0.5) is 23.4 Å². The fourth-order valence-corrected chi connectivity index (χ4v) is 4.48. The van der Waals surface area contributed by atoms with E-state index in [1.807, 2.05) is 6.92 Å². The van der Waals surface area contributed by atoms with Gasteiger partial charge in [-0.2, -0.15) is 13.2 Å². The predicted octanol–water partition coefficient (Wildman–Crippen LogP) is 3.31. The number of nitrogen functional groups attached to an aromatic ring is 1. The molecule has 2 aromatic heterocycles. The van der Waals surface area contributed by atoms with Crippen LogP contribution >= 0.6 is 0 Å². The van der Waals surface area contributed by atoms with Gasteiger partial charge in [0.2, 0.25) is 0 Å². The highest BCUT2D eigenvalue weighted by atomic mass is 19.4. The Kier molecular flexibility index (Phi) is 4.97. The summed E-state index contributed by atoms with van der Waals surface area (Å²) < 4.78 is 64.9. The molecule has 0 bridgehead atoms. The van der Waals surface area contributed by atoms with E-state index in [1.165, 1.54) is 12.1 Å². The van der Waals surface area contributed by atoms with Crippen LogP contribution in [0, 0.1) is 5.82 Å². The largest absolute Gasteiger partial charge is 0.491 e. The van der Waals surface area contributed by atoms with Crippen molar-refractivity contribution < 1.29 is 27.0 Å². The van der Waals surface area contributed by atoms with Gasteiger partial charge in [0.25, 0.3) is 0 Å². The molecule has 4 heterocycles. The molecule has 1 fully saturated rings. The Balaban J connectivity index is 1.64. The van der Waals surface area contributed by atoms with Crippen molar-refractivity contribution in [3.63, 3.8) is 0 Å². The topological polar surface area (TPSA) is 89.3 Å². The number of halogens is 4. The van der Waals surface area contributed by atoms with Gasteiger partial charge in [0.15, 0.2) is 0 Å². The van der Waals surface area contributed by atoms with Gasteiger partial charge in [-0.15, -0.1) is 0 Å². The second kappa shape index (κ2) is 7.59. The number of H-pyrrole nitrogens is 1. The Bertz CT molecular complexity index is 1170. The van der Waals surface area contributed by atoms with Gasteiger partial charge in [0.05, 0.1) is 30.1 Å². The molecule has 0 saturated carbocycles. The number of aromatic amines is 1. The Morgan fingerprint density at radius 1 is 1.22 bits per heavy atom. The molecule has 1 aromatic carbocycles. The number of hydrogen-bond donors (Lipinski definition) is 2. The van der Waals surface area contributed by atoms with Crippen LogP contribution in [0.3, 0.4) is 0 Å². The summed E-state index contributed by atoms with van der Waals surface area (Å²) in [6.07, 6.45) is -4.56. The van der Waals surface area contributed by atoms with Gasteiger partial charge in [0, 0.05) is 24.7 Å². The third-order valence-corrected chi connectivity index (χ3v) is 5.96. The third kappa shape index (κ3) is 3.65. The summed E-state index contributed by atoms with van der Waals surface area (Å²) in [6.45, 7) is 4.03. The van der Waals surface area contributed by atoms with E-state index in [-0.39, 0.29) is 41.4 Å². The van der Waals surface area contributed by atoms with Crippen molar-refractivity contribution >= 4 is 16.9 Å². The van der Waals surface area contributed by atoms with E-state index in [0.29, 0.717) is 31.0 Å². The van der Waals surface area contributed by atoms with Crippen molar-refractivity contribution in [3.8, 4) is 5.75 Å². The van der Waals surface area contributed by atoms with Gasteiger partial charge >= 0.3 is 6.18 Å². The van der Waals surface area contributed by atoms with Crippen LogP contribution in [0.25, 0.3) is 11.0 Å². The lowest BCUT2D eigenvalue weighted by Crippen LogP contribution is -2.53. The molecule has 2 aliphatic rings. The third-order valence-electron chi connectivity index (χ3n) is 5.96. The normalized spacial score (nSPS) is 24.3. The Morgan fingerprint density at radius 2 is 2.03 bits per heavy atom. The van der Waals surface area contributed by atoms with Crippen LogP contribution < -0.4 is 10.5 Å². The molecule has 0 unspecified atom stereocenters. The number of nitrogens with one attached hydrogen (secondary N) is 1. The highest BCUT2D eigenvalue weighted by Gasteiger charge is 2.40. The van der Waals surface area contributed by atoms with Crippen molar-refractivity contribution in [1.29, 1.82) is 0 Å². The van der Waals surface area contributed by atoms with Crippen LogP contribution in [-0.2, 0) is 10.9 Å². The van der Waals surface area contributed by atoms with Gasteiger partial charge in [-0.25, -0.2) is 14.4 Å². The fourth-order valence-electron chi connectivity index (χ4n) is 4.48. The molecule has 3 aromatic rings. The standard InChI is InChI=1S/C21H21F4N5O2/c1-10-8-30(4-5-31-10)14-9-32-15-6-11(22)2-3-12(15)17(14)20-28-18(26)13-7-16(21(23,24)25)27-19(13)29-20/h2-3,6-7,10,14,17H,4-5,8-9H2,1H3,(H3,26,27,28,29)/t10-,14+,17+/m1/s1. The summed E-state index contributed by atoms with van der Waals surface area (Å²) in [5.74, 6) is -0.367. The van der Waals surface area contributed by atoms with Crippen LogP contribution in [0.1, 0.15) is 29.9 Å². The molecule has 2 aliphatic heterocycles. The lowest BCUT2D eigenvalue weighted by Gasteiger charge is -2.43. The van der Waals surface area contributed by atoms with Gasteiger partial charge in [-0.1, -0.05) is 6.07 Å². The Hall–Kier alpha value is -2.92. The van der Waals surface area contributed by atoms with E-state index in [9.17, 15) is 17.6 Å². The number of alkyl halides is 3. The molecular formula is C21H21F4N5O2. The van der Waals surface area contributed by atoms with Crippen LogP contribution in [0.5, 0.6) is 5.75 Å². The number of nitrogens with two attached hydrogens (primary N) is 1. The van der Waals surface area contributed by atoms with E-state index in [4.69, 9.17) is 15.2 Å². The molecule has 3 atom stereocenters. The smallest absolute Gasteiger partial charge is 0.431 e. The minimum Gasteiger partial charge on any atom is -0.491 e. The highest BCUT2D eigenvalue weighted by Crippen LogP contribution is 2.41. The molecule has 0 aliphatic carbocycles. The molecule has 0 amide bonds. The number of benzene rings is 1. The number of hydrogen-bond acceptors (Lipinski definition) is 6. The molecule has 0 radical (unpaired) electrons. The zero-order valence-corrected chi connectivity index (χ0v) is 17.1. The monoisotopic (exact) mass is 451 g/mol. The maximum absolute atomic E-state index is 13.8. The van der Waals surface area contributed by atoms with Crippen molar-refractivity contribution in [2.45, 2.75) is 31.2 Å². The first-order valence-corrected chi connectivity index (χ1v) is 10.2. The maximum atomic E-state index is 13.8. The van der Waals surface area contributed by atoms with E-state index in [2.05, 4.69) is 19.9 Å². The van der Waals surface area contributed by atoms with E-state index < -0.39 is 23.6 Å². The number of anilines is 1. The Morgan fingerprint density at radius 3 is 2.78 bits per heavy atom. The highest BCUT2D eigenvalue weighted by molar-refractivity contribution is 5.87. The van der Waals surface area contributed by atoms with Crippen molar-refractivity contribution in [3.05, 3.63) is 47.2 Å². The SMILES string of the molecule is C[C@@H]1CN([C@H]2COc3cc(F)ccc3[C@@H]2c2nc(N)c3cc(C(F)(F)F)[nH]c3n2)CCO1. The molecular weight excluding hydrogens is 430 g/mol. The minimum atomic E-state index is -4.57. The van der Waals surface area contributed by atoms with Gasteiger partial charge in [0.1, 0.15) is 41.2 Å². The number of nitrogens with zero attached hydrogens (tertiary/aromatic N) is 3. The maximum Gasteiger partial charge on any atom is 0.431 e. The molecule has 5 rings (SSSR count). The zero-order chi connectivity index (χ0) is 22.6. The first kappa shape index (κ1) is 21.0. The minimum absolute atomic E-state index is 0.00377. The number of ether oxygens (including phenoxy) is 2. The first-order valence-electron chi connectivity index (χ1n) is 10.2. The number of aromatic nitrogens is 3. The van der Waals surface area contributed by atoms with E-state index in [1.54, 1.807) is 6.07 Å². The zero-order valence-electron chi connectivity index (χ0n) is 17.1. The molecule has 170 valence electrons. The second-order valence-corrected chi connectivity index (χ2v) is 8.12. The fraction of sp³-hybridized carbons (Fsp3) is 0.429. The first-order chi connectivity index (χ1) is 15.2. The lowest BCUT2D eigenvalue weighted by atomic mass is 9.86. The molecule has 3 N–H and O–H groups in total. The van der Waals surface area contributed by atoms with Crippen molar-refractivity contribution in [1.82, 2.24) is 19.9 Å². The molecule has 1 saturated heterocycles. The summed E-state index contributed by atoms with van der Waals surface area (Å²) in [7, 11) is 0. The molecule has 7 nitrogen and oxygen atoms in total. The predicted molar refractivity (Wildman–Crippen MR) is 108 cm³/mol. The quantitative estimate of drug-likeness (QED) is 0.582. The van der Waals surface area contributed by atoms with E-state index in [0.717, 1.165) is 6.07 Å². The van der Waals surface area contributed by atoms with Crippen molar-refractivity contribution in [2.24, 2.45) is 0 Å². The van der Waals surface area contributed by atoms with Gasteiger partial charge in [-0.05, 0) is 19.1 Å². The van der Waals surface area contributed by atoms with Crippen molar-refractivity contribution in [2.75, 3.05) is 32.0 Å². The van der Waals surface area contributed by atoms with Crippen LogP contribution in [0.2, 0.25) is 0 Å². The van der Waals surface area contributed by atoms with Gasteiger partial charge < -0.3 is 20.2 Å². The number of morpholine rings is 1. The number of fused-ring (bicyclic) bond motifs is 2. The number of rotatable bonds is 2. The lowest BCUT2D eigenvalue weighted by molar-refractivity contribution is -0.140. The molecule has 11 heteroatoms. The summed E-state index contributed by atoms with van der Waals surface area (Å²) in [5, 5.41) is 0.101. The van der Waals surface area contributed by atoms with E-state index >= 15 is 0 Å². The second-order valence-electron chi connectivity index (χ2n) is 8.12. The average molecular weight is 451 g/mol. The van der Waals surface area contributed by atoms with Crippen LogP contribution in [-0.4, -0.2) is 58.3 Å².